The summed E-state index contributed by atoms with van der Waals surface area (Å²) in [5, 5.41) is 2.75. The lowest BCUT2D eigenvalue weighted by Gasteiger charge is -2.23. The molecule has 0 aromatic heterocycles. The highest BCUT2D eigenvalue weighted by Crippen LogP contribution is 2.33. The molecule has 0 aliphatic carbocycles. The minimum absolute atomic E-state index is 0.133. The van der Waals surface area contributed by atoms with Crippen LogP contribution in [-0.4, -0.2) is 11.9 Å². The van der Waals surface area contributed by atoms with Crippen LogP contribution in [0, 0.1) is 11.6 Å². The fraction of sp³-hybridized carbons (Fsp3) is 0.0909. The summed E-state index contributed by atoms with van der Waals surface area (Å²) >= 11 is 0. The molecule has 1 heterocycles. The smallest absolute Gasteiger partial charge is 0.294 e. The molecule has 4 nitrogen and oxygen atoms in total. The second kappa shape index (κ2) is 7.60. The Balaban J connectivity index is 1.76. The Hall–Kier alpha value is -3.54. The summed E-state index contributed by atoms with van der Waals surface area (Å²) in [5.41, 5.74) is 1.91. The van der Waals surface area contributed by atoms with E-state index in [0.717, 1.165) is 29.3 Å². The van der Waals surface area contributed by atoms with Gasteiger partial charge in [0.1, 0.15) is 23.5 Å². The maximum Gasteiger partial charge on any atom is 0.328 e. The Morgan fingerprint density at radius 2 is 1.50 bits per heavy atom. The fourth-order valence-electron chi connectivity index (χ4n) is 3.25. The van der Waals surface area contributed by atoms with Gasteiger partial charge in [0.15, 0.2) is 0 Å². The maximum atomic E-state index is 13.8. The molecular weight excluding hydrogens is 360 g/mol. The zero-order valence-corrected chi connectivity index (χ0v) is 14.8. The quantitative estimate of drug-likeness (QED) is 0.695. The molecule has 28 heavy (non-hydrogen) atoms. The largest absolute Gasteiger partial charge is 0.328 e. The third kappa shape index (κ3) is 3.62. The predicted octanol–water partition coefficient (Wildman–Crippen LogP) is 4.83. The number of amidine groups is 1. The van der Waals surface area contributed by atoms with Gasteiger partial charge >= 0.3 is 6.03 Å². The van der Waals surface area contributed by atoms with Gasteiger partial charge in [0.25, 0.3) is 0 Å². The van der Waals surface area contributed by atoms with Crippen molar-refractivity contribution in [1.82, 2.24) is 5.32 Å². The van der Waals surface area contributed by atoms with E-state index in [0.29, 0.717) is 12.4 Å². The number of halogens is 2. The van der Waals surface area contributed by atoms with Gasteiger partial charge in [0.2, 0.25) is 0 Å². The molecule has 1 aliphatic rings. The SMILES string of the molecule is O=C1NC(=NCc2ccccc2)C(c2ccccc2)N1c1cc(F)cc(F)c1. The zero-order valence-electron chi connectivity index (χ0n) is 14.8. The number of benzene rings is 3. The first-order valence-corrected chi connectivity index (χ1v) is 8.81. The van der Waals surface area contributed by atoms with Crippen LogP contribution >= 0.6 is 0 Å². The molecule has 2 amide bonds. The van der Waals surface area contributed by atoms with Crippen molar-refractivity contribution in [3.05, 3.63) is 102 Å². The molecule has 1 atom stereocenters. The third-order valence-corrected chi connectivity index (χ3v) is 4.49. The Kier molecular flexibility index (Phi) is 4.85. The van der Waals surface area contributed by atoms with Crippen LogP contribution in [0.5, 0.6) is 0 Å². The number of urea groups is 1. The number of amides is 2. The summed E-state index contributed by atoms with van der Waals surface area (Å²) < 4.78 is 27.6. The van der Waals surface area contributed by atoms with E-state index in [9.17, 15) is 13.6 Å². The van der Waals surface area contributed by atoms with Crippen molar-refractivity contribution in [3.63, 3.8) is 0 Å². The van der Waals surface area contributed by atoms with Crippen molar-refractivity contribution in [1.29, 1.82) is 0 Å². The molecule has 0 spiro atoms. The minimum Gasteiger partial charge on any atom is -0.294 e. The van der Waals surface area contributed by atoms with Crippen LogP contribution in [0.2, 0.25) is 0 Å². The molecule has 1 N–H and O–H groups in total. The number of rotatable bonds is 4. The molecule has 1 fully saturated rings. The normalized spacial score (nSPS) is 17.8. The van der Waals surface area contributed by atoms with Crippen molar-refractivity contribution >= 4 is 17.6 Å². The van der Waals surface area contributed by atoms with Crippen LogP contribution in [0.15, 0.2) is 83.9 Å². The molecule has 1 saturated heterocycles. The molecule has 140 valence electrons. The van der Waals surface area contributed by atoms with Crippen molar-refractivity contribution < 1.29 is 13.6 Å². The van der Waals surface area contributed by atoms with Gasteiger partial charge in [0, 0.05) is 6.07 Å². The number of aliphatic imine (C=N–C) groups is 1. The van der Waals surface area contributed by atoms with Gasteiger partial charge in [-0.05, 0) is 23.3 Å². The Morgan fingerprint density at radius 3 is 2.14 bits per heavy atom. The summed E-state index contributed by atoms with van der Waals surface area (Å²) in [6.07, 6.45) is 0. The molecule has 1 aliphatic heterocycles. The summed E-state index contributed by atoms with van der Waals surface area (Å²) in [4.78, 5) is 18.6. The van der Waals surface area contributed by atoms with Crippen LogP contribution < -0.4 is 10.2 Å². The third-order valence-electron chi connectivity index (χ3n) is 4.49. The zero-order chi connectivity index (χ0) is 19.5. The van der Waals surface area contributed by atoms with Crippen molar-refractivity contribution in [2.24, 2.45) is 4.99 Å². The standard InChI is InChI=1S/C22H17F2N3O/c23-17-11-18(24)13-19(12-17)27-20(16-9-5-2-6-10-16)21(26-22(27)28)25-14-15-7-3-1-4-8-15/h1-13,20H,14H2,(H,25,26,28). The minimum atomic E-state index is -0.746. The topological polar surface area (TPSA) is 44.7 Å². The number of carbonyl (C=O) groups is 1. The van der Waals surface area contributed by atoms with Crippen LogP contribution in [0.4, 0.5) is 19.3 Å². The van der Waals surface area contributed by atoms with E-state index < -0.39 is 23.7 Å². The highest BCUT2D eigenvalue weighted by Gasteiger charge is 2.39. The molecule has 3 aromatic carbocycles. The number of nitrogens with zero attached hydrogens (tertiary/aromatic N) is 2. The van der Waals surface area contributed by atoms with Crippen LogP contribution in [0.25, 0.3) is 0 Å². The highest BCUT2D eigenvalue weighted by atomic mass is 19.1. The summed E-state index contributed by atoms with van der Waals surface area (Å²) in [6.45, 7) is 0.380. The number of carbonyl (C=O) groups excluding carboxylic acids is 1. The van der Waals surface area contributed by atoms with E-state index in [4.69, 9.17) is 0 Å². The molecule has 3 aromatic rings. The first-order valence-electron chi connectivity index (χ1n) is 8.81. The van der Waals surface area contributed by atoms with Gasteiger partial charge in [-0.15, -0.1) is 0 Å². The lowest BCUT2D eigenvalue weighted by molar-refractivity contribution is 0.252. The molecule has 4 rings (SSSR count). The average molecular weight is 377 g/mol. The second-order valence-corrected chi connectivity index (χ2v) is 6.43. The van der Waals surface area contributed by atoms with E-state index in [-0.39, 0.29) is 5.69 Å². The maximum absolute atomic E-state index is 13.8. The van der Waals surface area contributed by atoms with E-state index in [2.05, 4.69) is 10.3 Å². The summed E-state index contributed by atoms with van der Waals surface area (Å²) in [5.74, 6) is -1.06. The lowest BCUT2D eigenvalue weighted by atomic mass is 10.0. The average Bonchev–Trinajstić information content (AvgIpc) is 3.03. The molecule has 6 heteroatoms. The highest BCUT2D eigenvalue weighted by molar-refractivity contribution is 6.16. The van der Waals surface area contributed by atoms with E-state index in [1.54, 1.807) is 0 Å². The van der Waals surface area contributed by atoms with Gasteiger partial charge < -0.3 is 0 Å². The van der Waals surface area contributed by atoms with E-state index in [1.165, 1.54) is 4.90 Å². The van der Waals surface area contributed by atoms with Crippen LogP contribution in [0.1, 0.15) is 17.2 Å². The van der Waals surface area contributed by atoms with Crippen molar-refractivity contribution in [2.75, 3.05) is 4.90 Å². The van der Waals surface area contributed by atoms with E-state index >= 15 is 0 Å². The molecule has 0 radical (unpaired) electrons. The van der Waals surface area contributed by atoms with Gasteiger partial charge in [-0.1, -0.05) is 60.7 Å². The Bertz CT molecular complexity index is 1000. The number of anilines is 1. The van der Waals surface area contributed by atoms with E-state index in [1.807, 2.05) is 60.7 Å². The molecule has 1 unspecified atom stereocenters. The van der Waals surface area contributed by atoms with Crippen LogP contribution in [-0.2, 0) is 6.54 Å². The number of hydrogen-bond donors (Lipinski definition) is 1. The first-order chi connectivity index (χ1) is 13.6. The second-order valence-electron chi connectivity index (χ2n) is 6.43. The predicted molar refractivity (Wildman–Crippen MR) is 104 cm³/mol. The van der Waals surface area contributed by atoms with Gasteiger partial charge in [-0.25, -0.2) is 13.6 Å². The van der Waals surface area contributed by atoms with Gasteiger partial charge in [-0.2, -0.15) is 0 Å². The summed E-state index contributed by atoms with van der Waals surface area (Å²) in [6, 6.07) is 20.9. The monoisotopic (exact) mass is 377 g/mol. The fourth-order valence-corrected chi connectivity index (χ4v) is 3.25. The van der Waals surface area contributed by atoms with Gasteiger partial charge in [-0.3, -0.25) is 15.2 Å². The lowest BCUT2D eigenvalue weighted by Crippen LogP contribution is -2.29. The first kappa shape index (κ1) is 17.9. The van der Waals surface area contributed by atoms with Crippen LogP contribution in [0.3, 0.4) is 0 Å². The van der Waals surface area contributed by atoms with Crippen molar-refractivity contribution in [2.45, 2.75) is 12.6 Å². The molecule has 0 bridgehead atoms. The number of hydrogen-bond acceptors (Lipinski definition) is 2. The Labute approximate surface area is 161 Å². The van der Waals surface area contributed by atoms with Gasteiger partial charge in [0.05, 0.1) is 12.2 Å². The summed E-state index contributed by atoms with van der Waals surface area (Å²) in [7, 11) is 0. The van der Waals surface area contributed by atoms with Crippen molar-refractivity contribution in [3.8, 4) is 0 Å². The Morgan fingerprint density at radius 1 is 0.893 bits per heavy atom. The molecule has 0 saturated carbocycles. The molecular formula is C22H17F2N3O. The number of nitrogens with one attached hydrogen (secondary N) is 1.